The summed E-state index contributed by atoms with van der Waals surface area (Å²) >= 11 is 5.89. The molecule has 0 radical (unpaired) electrons. The molecule has 3 atom stereocenters. The minimum Gasteiger partial charge on any atom is -0.396 e. The van der Waals surface area contributed by atoms with Crippen LogP contribution in [0, 0.1) is 29.6 Å². The van der Waals surface area contributed by atoms with Crippen LogP contribution in [0.2, 0.25) is 5.15 Å². The number of Topliss-reactive ketones (excluding diaryl/α,β-unsaturated/α-hetero) is 3. The molecule has 302 valence electrons. The van der Waals surface area contributed by atoms with Gasteiger partial charge in [0.25, 0.3) is 5.91 Å². The fourth-order valence-electron chi connectivity index (χ4n) is 6.20. The van der Waals surface area contributed by atoms with E-state index in [9.17, 15) is 24.0 Å². The number of nitrogen functional groups attached to an aromatic ring is 1. The number of aromatic nitrogens is 2. The van der Waals surface area contributed by atoms with Gasteiger partial charge >= 0.3 is 6.03 Å². The third-order valence-corrected chi connectivity index (χ3v) is 9.76. The van der Waals surface area contributed by atoms with Crippen molar-refractivity contribution in [2.24, 2.45) is 17.8 Å². The number of amides is 3. The maximum atomic E-state index is 13.5. The van der Waals surface area contributed by atoms with Gasteiger partial charge in [-0.2, -0.15) is 0 Å². The van der Waals surface area contributed by atoms with Gasteiger partial charge < -0.3 is 31.8 Å². The minimum atomic E-state index is -0.770. The molecule has 13 nitrogen and oxygen atoms in total. The number of hydrogen-bond donors (Lipinski definition) is 5. The molecule has 1 aliphatic rings. The number of nitrogens with one attached hydrogen (secondary N) is 4. The van der Waals surface area contributed by atoms with Gasteiger partial charge in [-0.25, -0.2) is 14.8 Å². The molecule has 3 unspecified atom stereocenters. The number of benzene rings is 2. The molecule has 0 aliphatic heterocycles. The zero-order valence-corrected chi connectivity index (χ0v) is 33.7. The highest BCUT2D eigenvalue weighted by atomic mass is 35.5. The molecule has 0 saturated heterocycles. The quantitative estimate of drug-likeness (QED) is 0.0262. The van der Waals surface area contributed by atoms with Crippen LogP contribution in [0.5, 0.6) is 0 Å². The number of nitrogens with two attached hydrogens (primary N) is 1. The van der Waals surface area contributed by atoms with Gasteiger partial charge in [-0.1, -0.05) is 56.5 Å². The number of aldehydes is 1. The molecule has 2 aromatic carbocycles. The Balaban J connectivity index is 0.00000240. The lowest BCUT2D eigenvalue weighted by Crippen LogP contribution is -2.25. The molecule has 2 heterocycles. The van der Waals surface area contributed by atoms with Crippen LogP contribution in [0.3, 0.4) is 0 Å². The third-order valence-electron chi connectivity index (χ3n) is 9.55. The molecule has 2 aromatic heterocycles. The number of anilines is 4. The molecule has 0 saturated carbocycles. The number of rotatable bonds is 15. The number of fused-ring (bicyclic) bond motifs is 1. The molecular weight excluding hydrogens is 758 g/mol. The number of hydrogen-bond acceptors (Lipinski definition) is 10. The van der Waals surface area contributed by atoms with Crippen LogP contribution in [-0.4, -0.2) is 58.6 Å². The summed E-state index contributed by atoms with van der Waals surface area (Å²) in [6.45, 7) is 8.19. The van der Waals surface area contributed by atoms with Crippen molar-refractivity contribution in [1.82, 2.24) is 15.3 Å². The van der Waals surface area contributed by atoms with Crippen LogP contribution in [0.4, 0.5) is 27.5 Å². The summed E-state index contributed by atoms with van der Waals surface area (Å²) in [4.78, 5) is 81.4. The molecule has 0 bridgehead atoms. The third kappa shape index (κ3) is 12.3. The summed E-state index contributed by atoms with van der Waals surface area (Å²) in [5.74, 6) is 4.51. The van der Waals surface area contributed by atoms with Gasteiger partial charge in [0.2, 0.25) is 0 Å². The zero-order valence-electron chi connectivity index (χ0n) is 33.0. The molecule has 0 fully saturated rings. The summed E-state index contributed by atoms with van der Waals surface area (Å²) in [6, 6.07) is 16.3. The van der Waals surface area contributed by atoms with Crippen LogP contribution in [0.25, 0.3) is 0 Å². The predicted molar refractivity (Wildman–Crippen MR) is 226 cm³/mol. The topological polar surface area (TPSA) is 202 Å². The van der Waals surface area contributed by atoms with Crippen molar-refractivity contribution in [2.45, 2.75) is 59.8 Å². The Bertz CT molecular complexity index is 2220. The molecule has 4 aromatic rings. The average Bonchev–Trinajstić information content (AvgIpc) is 3.47. The van der Waals surface area contributed by atoms with E-state index >= 15 is 0 Å². The summed E-state index contributed by atoms with van der Waals surface area (Å²) in [5.41, 5.74) is 9.84. The van der Waals surface area contributed by atoms with Gasteiger partial charge in [0.05, 0.1) is 29.1 Å². The van der Waals surface area contributed by atoms with Crippen molar-refractivity contribution in [2.75, 3.05) is 34.8 Å². The molecule has 5 rings (SSSR count). The molecular formula is C44H48ClN7O6. The first-order valence-electron chi connectivity index (χ1n) is 19.1. The van der Waals surface area contributed by atoms with Crippen molar-refractivity contribution in [3.05, 3.63) is 106 Å². The Kier molecular flexibility index (Phi) is 16.7. The number of nitrogens with zero attached hydrogens (tertiary/aromatic N) is 2. The monoisotopic (exact) mass is 805 g/mol. The number of ketones is 3. The van der Waals surface area contributed by atoms with Crippen molar-refractivity contribution >= 4 is 69.9 Å². The van der Waals surface area contributed by atoms with Crippen LogP contribution in [-0.2, 0) is 9.59 Å². The van der Waals surface area contributed by atoms with Gasteiger partial charge in [-0.3, -0.25) is 19.2 Å². The molecule has 6 N–H and O–H groups in total. The highest BCUT2D eigenvalue weighted by Crippen LogP contribution is 2.37. The first-order chi connectivity index (χ1) is 27.9. The van der Waals surface area contributed by atoms with E-state index in [4.69, 9.17) is 22.1 Å². The Morgan fingerprint density at radius 1 is 0.931 bits per heavy atom. The number of carbonyl (C=O) groups excluding carboxylic acids is 6. The summed E-state index contributed by atoms with van der Waals surface area (Å²) in [5, 5.41) is 11.8. The fraction of sp³-hybridized carbons (Fsp3) is 0.318. The first-order valence-corrected chi connectivity index (χ1v) is 19.5. The predicted octanol–water partition coefficient (Wildman–Crippen LogP) is 7.61. The second-order valence-corrected chi connectivity index (χ2v) is 14.2. The second kappa shape index (κ2) is 21.8. The SMILES string of the molecule is CC=O.CCC(C)C(=O)CCC(C)C1C(=O)c2cccc(NCCCCNC(=O)c3cccc(C#Cc4cc(NC(=O)Nc5cc(Cl)ncc5N)ccn4)c3)c2C1=O. The highest BCUT2D eigenvalue weighted by Gasteiger charge is 2.43. The summed E-state index contributed by atoms with van der Waals surface area (Å²) < 4.78 is 0. The number of urea groups is 1. The van der Waals surface area contributed by atoms with E-state index in [0.29, 0.717) is 83.8 Å². The van der Waals surface area contributed by atoms with Gasteiger partial charge in [0.15, 0.2) is 11.6 Å². The summed E-state index contributed by atoms with van der Waals surface area (Å²) in [7, 11) is 0. The van der Waals surface area contributed by atoms with Gasteiger partial charge in [-0.05, 0) is 80.8 Å². The van der Waals surface area contributed by atoms with Crippen LogP contribution in [0.15, 0.2) is 73.1 Å². The van der Waals surface area contributed by atoms with Crippen molar-refractivity contribution in [1.29, 1.82) is 0 Å². The Morgan fingerprint density at radius 3 is 2.43 bits per heavy atom. The van der Waals surface area contributed by atoms with Crippen molar-refractivity contribution < 1.29 is 28.8 Å². The standard InChI is InChI=1S/C42H44ClN7O5.C2H4O/c1-4-25(2)35(51)16-13-26(3)37-39(52)31-11-8-12-33(38(31)40(37)53)46-18-5-6-19-47-41(54)28-10-7-9-27(21-28)14-15-29-22-30(17-20-45-29)49-42(55)50-34-23-36(43)48-24-32(34)44;1-2-3/h7-12,17,20-26,37,46H,4-6,13,16,18-19,44H2,1-3H3,(H,47,54)(H2,45,48,49,50,55);2H,1H3. The largest absolute Gasteiger partial charge is 0.396 e. The van der Waals surface area contributed by atoms with Crippen LogP contribution < -0.4 is 27.0 Å². The van der Waals surface area contributed by atoms with E-state index in [1.54, 1.807) is 48.5 Å². The zero-order chi connectivity index (χ0) is 42.2. The van der Waals surface area contributed by atoms with E-state index in [1.807, 2.05) is 26.8 Å². The van der Waals surface area contributed by atoms with Gasteiger partial charge in [0.1, 0.15) is 22.9 Å². The van der Waals surface area contributed by atoms with Crippen molar-refractivity contribution in [3.63, 3.8) is 0 Å². The summed E-state index contributed by atoms with van der Waals surface area (Å²) in [6.07, 6.45) is 6.65. The average molecular weight is 806 g/mol. The number of unbranched alkanes of at least 4 members (excludes halogenated alkanes) is 1. The van der Waals surface area contributed by atoms with Gasteiger partial charge in [-0.15, -0.1) is 0 Å². The van der Waals surface area contributed by atoms with E-state index in [-0.39, 0.29) is 45.9 Å². The normalized spacial score (nSPS) is 13.7. The fourth-order valence-corrected chi connectivity index (χ4v) is 6.36. The molecule has 58 heavy (non-hydrogen) atoms. The number of carbonyl (C=O) groups is 6. The van der Waals surface area contributed by atoms with E-state index in [0.717, 1.165) is 12.7 Å². The van der Waals surface area contributed by atoms with Gasteiger partial charge in [0, 0.05) is 65.8 Å². The Hall–Kier alpha value is -6.39. The lowest BCUT2D eigenvalue weighted by Gasteiger charge is -2.17. The molecule has 3 amide bonds. The Labute approximate surface area is 343 Å². The first kappa shape index (κ1) is 44.3. The highest BCUT2D eigenvalue weighted by molar-refractivity contribution is 6.30. The van der Waals surface area contributed by atoms with E-state index < -0.39 is 11.9 Å². The minimum absolute atomic E-state index is 0.0236. The van der Waals surface area contributed by atoms with E-state index in [1.165, 1.54) is 25.4 Å². The molecule has 1 aliphatic carbocycles. The Morgan fingerprint density at radius 2 is 1.67 bits per heavy atom. The maximum absolute atomic E-state index is 13.5. The van der Waals surface area contributed by atoms with E-state index in [2.05, 4.69) is 43.1 Å². The van der Waals surface area contributed by atoms with Crippen molar-refractivity contribution in [3.8, 4) is 11.8 Å². The van der Waals surface area contributed by atoms with Crippen LogP contribution in [0.1, 0.15) is 102 Å². The smallest absolute Gasteiger partial charge is 0.323 e. The van der Waals surface area contributed by atoms with Crippen LogP contribution >= 0.6 is 11.6 Å². The maximum Gasteiger partial charge on any atom is 0.323 e. The second-order valence-electron chi connectivity index (χ2n) is 13.8. The number of pyridine rings is 2. The molecule has 14 heteroatoms. The number of halogens is 1. The molecule has 0 spiro atoms. The lowest BCUT2D eigenvalue weighted by molar-refractivity contribution is -0.122. The lowest BCUT2D eigenvalue weighted by atomic mass is 9.84.